The molecule has 42 heavy (non-hydrogen) atoms. The Hall–Kier alpha value is -4.98. The van der Waals surface area contributed by atoms with Crippen LogP contribution in [0.15, 0.2) is 109 Å². The lowest BCUT2D eigenvalue weighted by atomic mass is 10.0. The number of allylic oxidation sites excluding steroid dienone is 2. The third-order valence-corrected chi connectivity index (χ3v) is 8.53. The van der Waals surface area contributed by atoms with E-state index in [9.17, 15) is 9.59 Å². The highest BCUT2D eigenvalue weighted by molar-refractivity contribution is 5.92. The molecule has 10 rings (SSSR count). The molecule has 0 saturated heterocycles. The molecule has 6 aliphatic rings. The van der Waals surface area contributed by atoms with Crippen molar-refractivity contribution in [2.75, 3.05) is 27.3 Å². The minimum absolute atomic E-state index is 0.297. The number of hydrogen-bond donors (Lipinski definition) is 0. The van der Waals surface area contributed by atoms with Gasteiger partial charge in [-0.2, -0.15) is 0 Å². The van der Waals surface area contributed by atoms with Gasteiger partial charge in [0, 0.05) is 72.1 Å². The maximum Gasteiger partial charge on any atom is 0.337 e. The number of esters is 2. The number of ether oxygens (including phenoxy) is 2. The van der Waals surface area contributed by atoms with Gasteiger partial charge in [0.1, 0.15) is 0 Å². The molecule has 0 radical (unpaired) electrons. The van der Waals surface area contributed by atoms with Crippen LogP contribution >= 0.6 is 0 Å². The van der Waals surface area contributed by atoms with Gasteiger partial charge in [-0.25, -0.2) is 9.59 Å². The molecule has 2 aromatic heterocycles. The summed E-state index contributed by atoms with van der Waals surface area (Å²) in [6, 6.07) is 15.9. The van der Waals surface area contributed by atoms with E-state index in [-0.39, 0.29) is 24.0 Å². The van der Waals surface area contributed by atoms with Gasteiger partial charge in [0.15, 0.2) is 0 Å². The minimum Gasteiger partial charge on any atom is -0.466 e. The average molecular weight is 561 g/mol. The molecule has 0 saturated carbocycles. The van der Waals surface area contributed by atoms with Gasteiger partial charge in [0.25, 0.3) is 0 Å². The fourth-order valence-electron chi connectivity index (χ4n) is 6.45. The first-order valence-corrected chi connectivity index (χ1v) is 14.2. The topological polar surface area (TPSA) is 68.9 Å². The van der Waals surface area contributed by atoms with Crippen LogP contribution in [0, 0.1) is 0 Å². The molecule has 0 fully saturated rings. The molecule has 2 aromatic carbocycles. The summed E-state index contributed by atoms with van der Waals surface area (Å²) in [5.41, 5.74) is 5.61. The van der Waals surface area contributed by atoms with Crippen molar-refractivity contribution in [3.63, 3.8) is 0 Å². The molecule has 0 N–H and O–H groups in total. The van der Waals surface area contributed by atoms with Crippen LogP contribution in [0.1, 0.15) is 23.2 Å². The predicted octanol–water partition coefficient (Wildman–Crippen LogP) is 5.25. The van der Waals surface area contributed by atoms with E-state index in [2.05, 4.69) is 80.1 Å². The summed E-state index contributed by atoms with van der Waals surface area (Å²) in [5.74, 6) is -0.678. The van der Waals surface area contributed by atoms with Gasteiger partial charge in [-0.3, -0.25) is 0 Å². The predicted molar refractivity (Wildman–Crippen MR) is 161 cm³/mol. The number of methoxy groups -OCH3 is 2. The van der Waals surface area contributed by atoms with Gasteiger partial charge in [-0.05, 0) is 48.3 Å². The number of para-hydroxylation sites is 2. The van der Waals surface area contributed by atoms with Crippen molar-refractivity contribution in [1.29, 1.82) is 0 Å². The molecule has 2 unspecified atom stereocenters. The van der Waals surface area contributed by atoms with Crippen molar-refractivity contribution in [2.45, 2.75) is 24.9 Å². The Morgan fingerprint density at radius 2 is 1.10 bits per heavy atom. The molecular formula is C34H32N4O4. The Labute approximate surface area is 244 Å². The Morgan fingerprint density at radius 3 is 1.52 bits per heavy atom. The second-order valence-corrected chi connectivity index (χ2v) is 10.9. The van der Waals surface area contributed by atoms with E-state index >= 15 is 0 Å². The zero-order valence-corrected chi connectivity index (χ0v) is 23.6. The normalized spacial score (nSPS) is 20.0. The fraction of sp³-hybridized carbons (Fsp3) is 0.235. The highest BCUT2D eigenvalue weighted by atomic mass is 16.5. The van der Waals surface area contributed by atoms with Crippen molar-refractivity contribution < 1.29 is 19.1 Å². The van der Waals surface area contributed by atoms with Gasteiger partial charge in [0.2, 0.25) is 0 Å². The van der Waals surface area contributed by atoms with Gasteiger partial charge in [-0.15, -0.1) is 0 Å². The first kappa shape index (κ1) is 26.0. The summed E-state index contributed by atoms with van der Waals surface area (Å²) in [7, 11) is 2.87. The lowest BCUT2D eigenvalue weighted by molar-refractivity contribution is -0.137. The summed E-state index contributed by atoms with van der Waals surface area (Å²) in [6.07, 6.45) is 17.9. The van der Waals surface area contributed by atoms with Crippen LogP contribution in [0.4, 0.5) is 0 Å². The number of carbonyl (C=O) groups excluding carboxylic acids is 2. The summed E-state index contributed by atoms with van der Waals surface area (Å²) in [4.78, 5) is 30.3. The van der Waals surface area contributed by atoms with Crippen LogP contribution in [0.3, 0.4) is 0 Å². The first-order chi connectivity index (χ1) is 20.6. The molecule has 8 bridgehead atoms. The molecule has 8 heteroatoms. The third-order valence-electron chi connectivity index (χ3n) is 8.53. The molecular weight excluding hydrogens is 528 g/mol. The maximum absolute atomic E-state index is 13.1. The van der Waals surface area contributed by atoms with Crippen LogP contribution in [0.2, 0.25) is 0 Å². The van der Waals surface area contributed by atoms with Crippen molar-refractivity contribution in [3.8, 4) is 0 Å². The second-order valence-electron chi connectivity index (χ2n) is 10.9. The monoisotopic (exact) mass is 560 g/mol. The van der Waals surface area contributed by atoms with Gasteiger partial charge in [-0.1, -0.05) is 36.4 Å². The molecule has 0 spiro atoms. The summed E-state index contributed by atoms with van der Waals surface area (Å²) in [5, 5.41) is 2.27. The Bertz CT molecular complexity index is 1700. The highest BCUT2D eigenvalue weighted by Gasteiger charge is 2.29. The molecule has 2 atom stereocenters. The third kappa shape index (κ3) is 4.31. The van der Waals surface area contributed by atoms with Gasteiger partial charge < -0.3 is 28.4 Å². The van der Waals surface area contributed by atoms with E-state index < -0.39 is 0 Å². The van der Waals surface area contributed by atoms with Crippen LogP contribution in [-0.2, 0) is 31.9 Å². The van der Waals surface area contributed by atoms with E-state index in [1.54, 1.807) is 0 Å². The van der Waals surface area contributed by atoms with Crippen LogP contribution < -0.4 is 0 Å². The number of hydrogen-bond acceptors (Lipinski definition) is 6. The number of nitrogens with zero attached hydrogens (tertiary/aromatic N) is 4. The zero-order chi connectivity index (χ0) is 28.8. The zero-order valence-electron chi connectivity index (χ0n) is 23.6. The van der Waals surface area contributed by atoms with Crippen LogP contribution in [0.5, 0.6) is 0 Å². The lowest BCUT2D eigenvalue weighted by Gasteiger charge is -2.28. The number of fused-ring (bicyclic) bond motifs is 2. The quantitative estimate of drug-likeness (QED) is 0.312. The van der Waals surface area contributed by atoms with Crippen molar-refractivity contribution >= 4 is 33.7 Å². The molecule has 0 aliphatic carbocycles. The first-order valence-electron chi connectivity index (χ1n) is 14.2. The van der Waals surface area contributed by atoms with Crippen LogP contribution in [-0.4, -0.2) is 58.2 Å². The van der Waals surface area contributed by atoms with Crippen molar-refractivity contribution in [2.24, 2.45) is 0 Å². The summed E-state index contributed by atoms with van der Waals surface area (Å²) < 4.78 is 14.8. The van der Waals surface area contributed by atoms with Crippen LogP contribution in [0.25, 0.3) is 21.8 Å². The highest BCUT2D eigenvalue weighted by Crippen LogP contribution is 2.35. The van der Waals surface area contributed by atoms with Gasteiger partial charge in [0.05, 0.1) is 37.4 Å². The number of aromatic nitrogens is 2. The molecule has 8 heterocycles. The maximum atomic E-state index is 13.1. The number of benzene rings is 2. The van der Waals surface area contributed by atoms with Crippen molar-refractivity contribution in [1.82, 2.24) is 18.9 Å². The molecule has 212 valence electrons. The van der Waals surface area contributed by atoms with E-state index in [1.807, 2.05) is 36.7 Å². The summed E-state index contributed by atoms with van der Waals surface area (Å²) in [6.45, 7) is 1.34. The Morgan fingerprint density at radius 1 is 0.667 bits per heavy atom. The smallest absolute Gasteiger partial charge is 0.337 e. The lowest BCUT2D eigenvalue weighted by Crippen LogP contribution is -2.26. The van der Waals surface area contributed by atoms with E-state index in [0.717, 1.165) is 45.8 Å². The average Bonchev–Trinajstić information content (AvgIpc) is 3.60. The second kappa shape index (κ2) is 10.4. The number of carbonyl (C=O) groups is 2. The minimum atomic E-state index is -0.339. The van der Waals surface area contributed by atoms with E-state index in [1.165, 1.54) is 14.2 Å². The molecule has 4 aromatic rings. The van der Waals surface area contributed by atoms with E-state index in [4.69, 9.17) is 9.47 Å². The standard InChI is InChI=1S/C34H32N4O4/c1-41-33(39)27-21-35-15-11-24-20-38(30-10-6-4-8-26(24)30)32-14-18-36(22-28(32)34(40)42-2)16-12-23-19-37(31(27)13-17-35)29-9-5-3-7-25(23)29/h3-10,13-14,17-22,31-32H,11-12,15-16H2,1-2H3. The fourth-order valence-corrected chi connectivity index (χ4v) is 6.45. The molecule has 0 amide bonds. The molecule has 8 nitrogen and oxygen atoms in total. The van der Waals surface area contributed by atoms with Crippen molar-refractivity contribution in [3.05, 3.63) is 120 Å². The number of rotatable bonds is 2. The Kier molecular flexibility index (Phi) is 6.46. The van der Waals surface area contributed by atoms with E-state index in [0.29, 0.717) is 24.2 Å². The largest absolute Gasteiger partial charge is 0.466 e. The summed E-state index contributed by atoms with van der Waals surface area (Å²) >= 11 is 0. The molecule has 6 aliphatic heterocycles. The van der Waals surface area contributed by atoms with Gasteiger partial charge >= 0.3 is 11.9 Å². The SMILES string of the molecule is COC(=O)C1=CN2C=CC1n1cc(c3ccccc31)CCN1C=CC(C(C(=O)OC)=C1)n1cc(c3ccccc31)CC2. The Balaban J connectivity index is 1.38.